The van der Waals surface area contributed by atoms with Crippen LogP contribution in [0.25, 0.3) is 157 Å². The van der Waals surface area contributed by atoms with Gasteiger partial charge in [-0.05, 0) is 190 Å². The number of hydrogen-bond acceptors (Lipinski definition) is 6. The van der Waals surface area contributed by atoms with E-state index >= 15 is 0 Å². The van der Waals surface area contributed by atoms with E-state index in [1.165, 1.54) is 185 Å². The molecule has 0 radical (unpaired) electrons. The Morgan fingerprint density at radius 3 is 0.890 bits per heavy atom. The fourth-order valence-electron chi connectivity index (χ4n) is 22.6. The van der Waals surface area contributed by atoms with Gasteiger partial charge in [0.05, 0.1) is 34.1 Å². The minimum atomic E-state index is -2.09. The number of pyridine rings is 6. The van der Waals surface area contributed by atoms with E-state index in [0.29, 0.717) is 5.56 Å². The van der Waals surface area contributed by atoms with Crippen molar-refractivity contribution in [3.05, 3.63) is 465 Å². The lowest BCUT2D eigenvalue weighted by atomic mass is 9.97. The number of para-hydroxylation sites is 4. The molecule has 0 saturated heterocycles. The first-order valence-corrected chi connectivity index (χ1v) is 49.9. The standard InChI is InChI=1S/C27H22N3.2C22H20N3.C21H18N3.C18H18N3.C17H16N3/c1-18-12-13-20(19-8-4-3-5-9-19)14-22(18)25-16-23-26(17-29(25)2)30-24-11-7-6-10-21(24)15-27(30)28-23;2*1-14-8-9-17(15(2)10-14)20-12-18-21(13-24(20)3)25-19-7-5-4-6-16(19)11-22(25)23-18;1-14-7-3-5-9-16(14)19-12-17-20(13-23(19)2)24-18-10-6-4-8-15(18)11-21(24)22-17;1-12-4-5-15(13(2)8-12)17-10-16-14(11-20(17)3)9-18-19-6-7-21(16)18;1-12-5-3-4-6-14(12)16-10-15-13(11-19(16)2)9-17-18-7-8-20(15)17/h3-14,16-17H,15H2,1-2H3;2*4-10,12-13H,11H2,1-3H3;3-10,12-13H,11H2,1-2H3;4-8,10-11H,9H2,1-3H3;3-8,10-11H,9H2,1-2H3/q6*+1/i;1D3;;;;. The molecule has 23 aromatic rings. The van der Waals surface area contributed by atoms with Crippen molar-refractivity contribution in [2.45, 2.75) is 101 Å². The second-order valence-electron chi connectivity index (χ2n) is 39.7. The Morgan fingerprint density at radius 1 is 0.234 bits per heavy atom. The molecule has 0 saturated carbocycles. The molecule has 11 aromatic carbocycles. The zero-order valence-corrected chi connectivity index (χ0v) is 84.2. The van der Waals surface area contributed by atoms with Crippen molar-refractivity contribution in [3.8, 4) is 113 Å². The van der Waals surface area contributed by atoms with Crippen LogP contribution in [-0.4, -0.2) is 57.3 Å². The summed E-state index contributed by atoms with van der Waals surface area (Å²) < 4.78 is 49.6. The van der Waals surface area contributed by atoms with Crippen LogP contribution in [-0.2, 0) is 80.8 Å². The zero-order valence-electron chi connectivity index (χ0n) is 87.2. The van der Waals surface area contributed by atoms with Crippen LogP contribution in [0.5, 0.6) is 0 Å². The van der Waals surface area contributed by atoms with E-state index in [4.69, 9.17) is 24.0 Å². The molecular weight excluding hydrogens is 1780 g/mol. The molecule has 0 fully saturated rings. The van der Waals surface area contributed by atoms with E-state index in [1.807, 2.05) is 44.8 Å². The molecule has 0 bridgehead atoms. The molecule has 0 amide bonds. The number of rotatable bonds is 7. The summed E-state index contributed by atoms with van der Waals surface area (Å²) in [5.41, 5.74) is 51.6. The maximum Gasteiger partial charge on any atom is 0.214 e. The minimum absolute atomic E-state index is 0.370. The van der Waals surface area contributed by atoms with Crippen molar-refractivity contribution < 1.29 is 31.5 Å². The van der Waals surface area contributed by atoms with Crippen LogP contribution in [0.15, 0.2) is 347 Å². The Labute approximate surface area is 848 Å². The molecule has 0 N–H and O–H groups in total. The van der Waals surface area contributed by atoms with Crippen molar-refractivity contribution in [1.82, 2.24) is 57.3 Å². The molecule has 145 heavy (non-hydrogen) atoms. The second-order valence-corrected chi connectivity index (χ2v) is 39.7. The topological polar surface area (TPSA) is 130 Å². The van der Waals surface area contributed by atoms with Gasteiger partial charge in [-0.2, -0.15) is 18.3 Å². The third-order valence-corrected chi connectivity index (χ3v) is 29.8. The number of aryl methyl sites for hydroxylation is 15. The number of fused-ring (bicyclic) bond motifs is 26. The maximum absolute atomic E-state index is 7.62. The summed E-state index contributed by atoms with van der Waals surface area (Å²) in [5.74, 6) is 6.70. The van der Waals surface area contributed by atoms with Crippen molar-refractivity contribution in [3.63, 3.8) is 0 Å². The molecule has 29 rings (SSSR count). The summed E-state index contributed by atoms with van der Waals surface area (Å²) in [5, 5.41) is 0. The highest BCUT2D eigenvalue weighted by Crippen LogP contribution is 2.42. The van der Waals surface area contributed by atoms with Crippen molar-refractivity contribution in [2.75, 3.05) is 0 Å². The highest BCUT2D eigenvalue weighted by Gasteiger charge is 2.34. The van der Waals surface area contributed by atoms with Crippen LogP contribution >= 0.6 is 0 Å². The van der Waals surface area contributed by atoms with E-state index in [9.17, 15) is 0 Å². The van der Waals surface area contributed by atoms with Gasteiger partial charge in [0, 0.05) is 148 Å². The molecule has 12 aromatic heterocycles. The molecule has 0 aliphatic carbocycles. The third-order valence-electron chi connectivity index (χ3n) is 29.8. The lowest BCUT2D eigenvalue weighted by molar-refractivity contribution is -0.660. The lowest BCUT2D eigenvalue weighted by Gasteiger charge is -2.09. The summed E-state index contributed by atoms with van der Waals surface area (Å²) in [7, 11) is 12.6. The van der Waals surface area contributed by atoms with E-state index in [1.54, 1.807) is 12.1 Å². The molecule has 0 atom stereocenters. The van der Waals surface area contributed by atoms with Crippen LogP contribution in [0, 0.1) is 62.2 Å². The Balaban J connectivity index is 0.0000000953. The summed E-state index contributed by atoms with van der Waals surface area (Å²) in [4.78, 5) is 28.6. The average Bonchev–Trinajstić information content (AvgIpc) is 1.59. The fourth-order valence-corrected chi connectivity index (χ4v) is 22.6. The molecule has 0 spiro atoms. The third kappa shape index (κ3) is 16.2. The molecular formula is C127H114N18+6. The molecule has 706 valence electrons. The van der Waals surface area contributed by atoms with Gasteiger partial charge in [0.1, 0.15) is 121 Å². The van der Waals surface area contributed by atoms with Gasteiger partial charge >= 0.3 is 0 Å². The maximum atomic E-state index is 7.62. The highest BCUT2D eigenvalue weighted by molar-refractivity contribution is 5.87. The molecule has 0 unspecified atom stereocenters. The first-order valence-electron chi connectivity index (χ1n) is 51.4. The fraction of sp³-hybridized carbons (Fsp3) is 0.165. The molecule has 6 aliphatic heterocycles. The number of aromatic nitrogens is 18. The predicted molar refractivity (Wildman–Crippen MR) is 576 cm³/mol. The van der Waals surface area contributed by atoms with Crippen LogP contribution in [0.4, 0.5) is 0 Å². The smallest absolute Gasteiger partial charge is 0.214 e. The van der Waals surface area contributed by atoms with E-state index in [2.05, 4.69) is 453 Å². The molecule has 18 heterocycles. The zero-order chi connectivity index (χ0) is 102. The van der Waals surface area contributed by atoms with E-state index in [-0.39, 0.29) is 0 Å². The van der Waals surface area contributed by atoms with Gasteiger partial charge in [-0.15, -0.1) is 0 Å². The van der Waals surface area contributed by atoms with Crippen LogP contribution < -0.4 is 27.4 Å². The lowest BCUT2D eigenvalue weighted by Crippen LogP contribution is -2.31. The minimum Gasteiger partial charge on any atom is -0.303 e. The summed E-state index contributed by atoms with van der Waals surface area (Å²) in [6.07, 6.45) is 26.5. The largest absolute Gasteiger partial charge is 0.303 e. The van der Waals surface area contributed by atoms with Crippen molar-refractivity contribution in [2.24, 2.45) is 42.3 Å². The van der Waals surface area contributed by atoms with Gasteiger partial charge in [0.25, 0.3) is 0 Å². The Hall–Kier alpha value is -17.4. The summed E-state index contributed by atoms with van der Waals surface area (Å²) in [6, 6.07) is 100. The van der Waals surface area contributed by atoms with Crippen LogP contribution in [0.2, 0.25) is 0 Å². The normalized spacial score (nSPS) is 12.7. The monoisotopic (exact) mass is 1890 g/mol. The van der Waals surface area contributed by atoms with Crippen LogP contribution in [0.3, 0.4) is 0 Å². The molecule has 6 aliphatic rings. The van der Waals surface area contributed by atoms with Gasteiger partial charge in [-0.1, -0.05) is 205 Å². The Morgan fingerprint density at radius 2 is 0.531 bits per heavy atom. The molecule has 18 heteroatoms. The predicted octanol–water partition coefficient (Wildman–Crippen LogP) is 22.7. The number of hydrogen-bond donors (Lipinski definition) is 0. The van der Waals surface area contributed by atoms with E-state index in [0.717, 1.165) is 123 Å². The van der Waals surface area contributed by atoms with Crippen LogP contribution in [0.1, 0.15) is 123 Å². The van der Waals surface area contributed by atoms with Crippen molar-refractivity contribution >= 4 is 44.1 Å². The first-order chi connectivity index (χ1) is 71.7. The van der Waals surface area contributed by atoms with Gasteiger partial charge in [-0.3, -0.25) is 18.3 Å². The molecule has 18 nitrogen and oxygen atoms in total. The number of nitrogens with zero attached hydrogens (tertiary/aromatic N) is 18. The summed E-state index contributed by atoms with van der Waals surface area (Å²) in [6.45, 7) is 15.0. The van der Waals surface area contributed by atoms with Crippen molar-refractivity contribution in [1.29, 1.82) is 0 Å². The quantitative estimate of drug-likeness (QED) is 0.146. The second kappa shape index (κ2) is 36.3. The summed E-state index contributed by atoms with van der Waals surface area (Å²) >= 11 is 0. The van der Waals surface area contributed by atoms with E-state index < -0.39 is 6.85 Å². The average molecular weight is 1900 g/mol. The first kappa shape index (κ1) is 86.7. The van der Waals surface area contributed by atoms with Gasteiger partial charge < -0.3 is 9.13 Å². The number of benzene rings is 11. The Bertz CT molecular complexity index is 9360. The van der Waals surface area contributed by atoms with Gasteiger partial charge in [0.15, 0.2) is 37.2 Å². The Kier molecular flexibility index (Phi) is 21.7. The van der Waals surface area contributed by atoms with Gasteiger partial charge in [0.2, 0.25) is 34.2 Å². The highest BCUT2D eigenvalue weighted by atomic mass is 15.2. The number of imidazole rings is 6. The van der Waals surface area contributed by atoms with Gasteiger partial charge in [-0.25, -0.2) is 39.0 Å². The SMILES string of the molecule is Cc1ccc(-c2cc3c(c[n+]2C)Cc2nccn2-3)c(C)c1.Cc1ccc(-c2cc3nc4n(c3c[n+]2C)-c2ccccc2C4)c(C)c1.Cc1ccc(-c2ccccc2)cc1-c1cc2nc3n(c2c[n+]1C)-c1ccccc1C3.Cc1ccccc1-c1cc2c(c[n+]1C)Cc1nccn1-2.Cc1ccccc1-c1cc2nc3n(c2c[n+]1C)-c1ccccc1C3.[2H]C([2H])([2H])c1ccc(-c2cc3nc4n(c3c[n+]2C)-c2ccccc2C4)c(C)c1.